The van der Waals surface area contributed by atoms with Gasteiger partial charge in [0.25, 0.3) is 11.8 Å². The first-order valence-corrected chi connectivity index (χ1v) is 11.4. The normalized spacial score (nSPS) is 12.4. The highest BCUT2D eigenvalue weighted by Crippen LogP contribution is 2.34. The van der Waals surface area contributed by atoms with Crippen molar-refractivity contribution >= 4 is 46.4 Å². The van der Waals surface area contributed by atoms with Crippen LogP contribution in [0.5, 0.6) is 23.0 Å². The molecule has 0 aromatic heterocycles. The number of fused-ring (bicyclic) bond motifs is 1. The summed E-state index contributed by atoms with van der Waals surface area (Å²) >= 11 is 11.9. The second-order valence-corrected chi connectivity index (χ2v) is 8.30. The molecule has 0 aliphatic carbocycles. The van der Waals surface area contributed by atoms with Crippen LogP contribution < -0.4 is 29.2 Å². The summed E-state index contributed by atoms with van der Waals surface area (Å²) in [5.41, 5.74) is 1.03. The topological polar surface area (TPSA) is 86.3 Å². The van der Waals surface area contributed by atoms with Crippen LogP contribution in [0.25, 0.3) is 0 Å². The van der Waals surface area contributed by atoms with Crippen LogP contribution in [-0.4, -0.2) is 45.3 Å². The summed E-state index contributed by atoms with van der Waals surface area (Å²) in [5.74, 6) is 1.67. The Bertz CT molecular complexity index is 1220. The van der Waals surface area contributed by atoms with E-state index in [1.165, 1.54) is 6.07 Å². The fourth-order valence-electron chi connectivity index (χ4n) is 3.38. The second kappa shape index (κ2) is 11.2. The smallest absolute Gasteiger partial charge is 0.265 e. The van der Waals surface area contributed by atoms with Crippen LogP contribution in [0.15, 0.2) is 60.7 Å². The van der Waals surface area contributed by atoms with Crippen molar-refractivity contribution in [3.8, 4) is 23.0 Å². The molecule has 35 heavy (non-hydrogen) atoms. The Balaban J connectivity index is 1.37. The third-order valence-corrected chi connectivity index (χ3v) is 5.61. The lowest BCUT2D eigenvalue weighted by Crippen LogP contribution is -2.41. The van der Waals surface area contributed by atoms with E-state index in [0.29, 0.717) is 45.2 Å². The summed E-state index contributed by atoms with van der Waals surface area (Å²) in [6, 6.07) is 17.0. The van der Waals surface area contributed by atoms with Gasteiger partial charge in [-0.05, 0) is 60.7 Å². The van der Waals surface area contributed by atoms with E-state index < -0.39 is 5.91 Å². The van der Waals surface area contributed by atoms with E-state index in [-0.39, 0.29) is 25.7 Å². The van der Waals surface area contributed by atoms with Gasteiger partial charge < -0.3 is 29.2 Å². The van der Waals surface area contributed by atoms with Crippen molar-refractivity contribution in [1.82, 2.24) is 0 Å². The van der Waals surface area contributed by atoms with Gasteiger partial charge in [0.2, 0.25) is 0 Å². The maximum absolute atomic E-state index is 12.5. The minimum Gasteiger partial charge on any atom is -0.497 e. The number of methoxy groups -OCH3 is 1. The second-order valence-electron chi connectivity index (χ2n) is 7.45. The van der Waals surface area contributed by atoms with Crippen molar-refractivity contribution in [3.05, 3.63) is 70.7 Å². The van der Waals surface area contributed by atoms with Crippen molar-refractivity contribution in [1.29, 1.82) is 0 Å². The Morgan fingerprint density at radius 1 is 1.03 bits per heavy atom. The summed E-state index contributed by atoms with van der Waals surface area (Å²) in [6.45, 7) is 0.241. The molecular formula is C25H22Cl2N2O6. The SMILES string of the molecule is COc1ccc(OCCN2C(=O)COc3ccc(NC(=O)COc4ccc(Cl)cc4Cl)cc32)cc1. The van der Waals surface area contributed by atoms with E-state index in [1.807, 2.05) is 0 Å². The molecule has 0 saturated carbocycles. The molecule has 1 aliphatic rings. The van der Waals surface area contributed by atoms with Gasteiger partial charge in [-0.1, -0.05) is 23.2 Å². The molecule has 8 nitrogen and oxygen atoms in total. The molecule has 0 radical (unpaired) electrons. The molecule has 2 amide bonds. The molecule has 1 aliphatic heterocycles. The summed E-state index contributed by atoms with van der Waals surface area (Å²) in [4.78, 5) is 26.5. The van der Waals surface area contributed by atoms with Crippen LogP contribution in [0, 0.1) is 0 Å². The van der Waals surface area contributed by atoms with Crippen LogP contribution in [0.3, 0.4) is 0 Å². The van der Waals surface area contributed by atoms with E-state index in [0.717, 1.165) is 5.75 Å². The van der Waals surface area contributed by atoms with Crippen molar-refractivity contribution in [2.45, 2.75) is 0 Å². The highest BCUT2D eigenvalue weighted by molar-refractivity contribution is 6.35. The average Bonchev–Trinajstić information content (AvgIpc) is 2.85. The monoisotopic (exact) mass is 516 g/mol. The van der Waals surface area contributed by atoms with Gasteiger partial charge in [-0.3, -0.25) is 9.59 Å². The van der Waals surface area contributed by atoms with Crippen LogP contribution in [-0.2, 0) is 9.59 Å². The number of amides is 2. The van der Waals surface area contributed by atoms with Gasteiger partial charge in [0.15, 0.2) is 13.2 Å². The van der Waals surface area contributed by atoms with Crippen molar-refractivity contribution in [2.24, 2.45) is 0 Å². The number of nitrogens with one attached hydrogen (secondary N) is 1. The number of halogens is 2. The highest BCUT2D eigenvalue weighted by Gasteiger charge is 2.26. The summed E-state index contributed by atoms with van der Waals surface area (Å²) in [6.07, 6.45) is 0. The predicted octanol–water partition coefficient (Wildman–Crippen LogP) is 4.82. The fraction of sp³-hybridized carbons (Fsp3) is 0.200. The molecular weight excluding hydrogens is 495 g/mol. The lowest BCUT2D eigenvalue weighted by molar-refractivity contribution is -0.121. The minimum absolute atomic E-state index is 0.0725. The van der Waals surface area contributed by atoms with Gasteiger partial charge in [-0.25, -0.2) is 0 Å². The molecule has 1 N–H and O–H groups in total. The fourth-order valence-corrected chi connectivity index (χ4v) is 3.85. The molecule has 3 aromatic rings. The maximum atomic E-state index is 12.5. The summed E-state index contributed by atoms with van der Waals surface area (Å²) in [5, 5.41) is 3.53. The lowest BCUT2D eigenvalue weighted by atomic mass is 10.2. The Morgan fingerprint density at radius 3 is 2.54 bits per heavy atom. The maximum Gasteiger partial charge on any atom is 0.265 e. The molecule has 4 rings (SSSR count). The number of hydrogen-bond donors (Lipinski definition) is 1. The minimum atomic E-state index is -0.395. The molecule has 0 saturated heterocycles. The van der Waals surface area contributed by atoms with Gasteiger partial charge in [0.05, 0.1) is 24.4 Å². The van der Waals surface area contributed by atoms with Crippen LogP contribution >= 0.6 is 23.2 Å². The van der Waals surface area contributed by atoms with Crippen LogP contribution in [0.1, 0.15) is 0 Å². The molecule has 0 unspecified atom stereocenters. The van der Waals surface area contributed by atoms with E-state index in [2.05, 4.69) is 5.32 Å². The highest BCUT2D eigenvalue weighted by atomic mass is 35.5. The van der Waals surface area contributed by atoms with Gasteiger partial charge in [-0.15, -0.1) is 0 Å². The Hall–Kier alpha value is -3.62. The quantitative estimate of drug-likeness (QED) is 0.438. The van der Waals surface area contributed by atoms with E-state index in [9.17, 15) is 9.59 Å². The number of nitrogens with zero attached hydrogens (tertiary/aromatic N) is 1. The zero-order valence-electron chi connectivity index (χ0n) is 18.8. The Labute approximate surface area is 212 Å². The number of carbonyl (C=O) groups excluding carboxylic acids is 2. The molecule has 182 valence electrons. The molecule has 0 fully saturated rings. The van der Waals surface area contributed by atoms with Gasteiger partial charge >= 0.3 is 0 Å². The average molecular weight is 517 g/mol. The summed E-state index contributed by atoms with van der Waals surface area (Å²) in [7, 11) is 1.59. The zero-order chi connectivity index (χ0) is 24.8. The Kier molecular flexibility index (Phi) is 7.84. The number of ether oxygens (including phenoxy) is 4. The van der Waals surface area contributed by atoms with Crippen molar-refractivity contribution in [3.63, 3.8) is 0 Å². The number of carbonyl (C=O) groups is 2. The molecule has 0 spiro atoms. The van der Waals surface area contributed by atoms with E-state index >= 15 is 0 Å². The predicted molar refractivity (Wildman–Crippen MR) is 133 cm³/mol. The third-order valence-electron chi connectivity index (χ3n) is 5.08. The number of hydrogen-bond acceptors (Lipinski definition) is 6. The molecule has 1 heterocycles. The van der Waals surface area contributed by atoms with Gasteiger partial charge in [-0.2, -0.15) is 0 Å². The Morgan fingerprint density at radius 2 is 1.80 bits per heavy atom. The first-order valence-electron chi connectivity index (χ1n) is 10.6. The zero-order valence-corrected chi connectivity index (χ0v) is 20.3. The van der Waals surface area contributed by atoms with Crippen LogP contribution in [0.4, 0.5) is 11.4 Å². The number of rotatable bonds is 9. The molecule has 10 heteroatoms. The van der Waals surface area contributed by atoms with Crippen LogP contribution in [0.2, 0.25) is 10.0 Å². The number of anilines is 2. The molecule has 0 bridgehead atoms. The number of benzene rings is 3. The van der Waals surface area contributed by atoms with Gasteiger partial charge in [0.1, 0.15) is 29.6 Å². The lowest BCUT2D eigenvalue weighted by Gasteiger charge is -2.29. The van der Waals surface area contributed by atoms with E-state index in [4.69, 9.17) is 42.1 Å². The van der Waals surface area contributed by atoms with Gasteiger partial charge in [0, 0.05) is 10.7 Å². The first kappa shape index (κ1) is 24.5. The standard InChI is InChI=1S/C25H22Cl2N2O6/c1-32-18-4-6-19(7-5-18)33-11-10-29-21-13-17(3-9-23(21)35-15-25(29)31)28-24(30)14-34-22-8-2-16(26)12-20(22)27/h2-9,12-13H,10-11,14-15H2,1H3,(H,28,30). The molecule has 0 atom stereocenters. The van der Waals surface area contributed by atoms with Crippen molar-refractivity contribution in [2.75, 3.05) is 43.7 Å². The summed E-state index contributed by atoms with van der Waals surface area (Å²) < 4.78 is 21.9. The van der Waals surface area contributed by atoms with E-state index in [1.54, 1.807) is 66.6 Å². The van der Waals surface area contributed by atoms with Crippen molar-refractivity contribution < 1.29 is 28.5 Å². The largest absolute Gasteiger partial charge is 0.497 e. The molecule has 3 aromatic carbocycles. The first-order chi connectivity index (χ1) is 16.9. The third kappa shape index (κ3) is 6.29.